The van der Waals surface area contributed by atoms with E-state index in [1.165, 1.54) is 12.8 Å². The summed E-state index contributed by atoms with van der Waals surface area (Å²) in [6.07, 6.45) is 6.16. The van der Waals surface area contributed by atoms with Crippen molar-refractivity contribution in [1.29, 1.82) is 0 Å². The molecule has 0 saturated heterocycles. The van der Waals surface area contributed by atoms with Crippen LogP contribution >= 0.6 is 11.6 Å². The smallest absolute Gasteiger partial charge is 0.0808 e. The van der Waals surface area contributed by atoms with Crippen LogP contribution in [0.5, 0.6) is 0 Å². The van der Waals surface area contributed by atoms with Crippen LogP contribution in [-0.4, -0.2) is 10.1 Å². The predicted molar refractivity (Wildman–Crippen MR) is 51.5 cm³/mol. The minimum absolute atomic E-state index is 0.414. The maximum Gasteiger partial charge on any atom is 0.0808 e. The molecule has 1 N–H and O–H groups in total. The highest BCUT2D eigenvalue weighted by Crippen LogP contribution is 2.38. The first kappa shape index (κ1) is 8.97. The van der Waals surface area contributed by atoms with Gasteiger partial charge >= 0.3 is 0 Å². The molecule has 0 aliphatic heterocycles. The molecule has 1 aliphatic rings. The van der Waals surface area contributed by atoms with E-state index in [0.717, 1.165) is 12.0 Å². The molecule has 0 bridgehead atoms. The van der Waals surface area contributed by atoms with E-state index < -0.39 is 6.10 Å². The topological polar surface area (TPSA) is 33.1 Å². The van der Waals surface area contributed by atoms with Crippen LogP contribution in [0.25, 0.3) is 0 Å². The van der Waals surface area contributed by atoms with E-state index in [1.54, 1.807) is 18.5 Å². The van der Waals surface area contributed by atoms with Crippen molar-refractivity contribution in [1.82, 2.24) is 4.98 Å². The molecule has 70 valence electrons. The van der Waals surface area contributed by atoms with Crippen molar-refractivity contribution in [2.45, 2.75) is 25.4 Å². The average Bonchev–Trinajstić information content (AvgIpc) is 2.89. The van der Waals surface area contributed by atoms with Crippen molar-refractivity contribution in [3.05, 3.63) is 29.0 Å². The van der Waals surface area contributed by atoms with E-state index in [2.05, 4.69) is 4.98 Å². The van der Waals surface area contributed by atoms with Gasteiger partial charge in [0, 0.05) is 18.0 Å². The molecule has 2 rings (SSSR count). The molecule has 0 aromatic carbocycles. The zero-order chi connectivity index (χ0) is 9.26. The van der Waals surface area contributed by atoms with Crippen LogP contribution < -0.4 is 0 Å². The van der Waals surface area contributed by atoms with Gasteiger partial charge < -0.3 is 5.11 Å². The maximum atomic E-state index is 9.80. The lowest BCUT2D eigenvalue weighted by Crippen LogP contribution is -1.99. The van der Waals surface area contributed by atoms with E-state index in [9.17, 15) is 5.11 Å². The second-order valence-electron chi connectivity index (χ2n) is 3.59. The monoisotopic (exact) mass is 197 g/mol. The predicted octanol–water partition coefficient (Wildman–Crippen LogP) is 2.57. The average molecular weight is 198 g/mol. The number of pyridine rings is 1. The van der Waals surface area contributed by atoms with Crippen LogP contribution in [0, 0.1) is 5.92 Å². The molecule has 1 fully saturated rings. The maximum absolute atomic E-state index is 9.80. The Morgan fingerprint density at radius 2 is 2.38 bits per heavy atom. The minimum atomic E-state index is -0.414. The molecular weight excluding hydrogens is 186 g/mol. The summed E-state index contributed by atoms with van der Waals surface area (Å²) in [5, 5.41) is 10.4. The van der Waals surface area contributed by atoms with Crippen molar-refractivity contribution in [2.24, 2.45) is 5.92 Å². The summed E-state index contributed by atoms with van der Waals surface area (Å²) in [5.41, 5.74) is 0.809. The highest BCUT2D eigenvalue weighted by molar-refractivity contribution is 6.31. The molecule has 0 spiro atoms. The number of hydrogen-bond acceptors (Lipinski definition) is 2. The van der Waals surface area contributed by atoms with Crippen LogP contribution in [0.3, 0.4) is 0 Å². The minimum Gasteiger partial charge on any atom is -0.388 e. The number of rotatable bonds is 3. The summed E-state index contributed by atoms with van der Waals surface area (Å²) in [7, 11) is 0. The Morgan fingerprint density at radius 3 is 3.00 bits per heavy atom. The fourth-order valence-electron chi connectivity index (χ4n) is 1.45. The van der Waals surface area contributed by atoms with Gasteiger partial charge in [-0.25, -0.2) is 0 Å². The zero-order valence-corrected chi connectivity index (χ0v) is 8.04. The van der Waals surface area contributed by atoms with E-state index in [-0.39, 0.29) is 0 Å². The second kappa shape index (κ2) is 3.64. The SMILES string of the molecule is OC(CC1CC1)c1ccncc1Cl. The van der Waals surface area contributed by atoms with E-state index in [0.29, 0.717) is 10.9 Å². The number of aliphatic hydroxyl groups excluding tert-OH is 1. The first-order valence-corrected chi connectivity index (χ1v) is 4.92. The summed E-state index contributed by atoms with van der Waals surface area (Å²) < 4.78 is 0. The van der Waals surface area contributed by atoms with Crippen molar-refractivity contribution in [2.75, 3.05) is 0 Å². The van der Waals surface area contributed by atoms with Gasteiger partial charge in [0.15, 0.2) is 0 Å². The largest absolute Gasteiger partial charge is 0.388 e. The Bertz CT molecular complexity index is 299. The van der Waals surface area contributed by atoms with Crippen LogP contribution in [0.2, 0.25) is 5.02 Å². The van der Waals surface area contributed by atoms with E-state index in [1.807, 2.05) is 0 Å². The Labute approximate surface area is 82.6 Å². The molecule has 1 atom stereocenters. The lowest BCUT2D eigenvalue weighted by molar-refractivity contribution is 0.160. The van der Waals surface area contributed by atoms with Crippen LogP contribution in [0.4, 0.5) is 0 Å². The van der Waals surface area contributed by atoms with Gasteiger partial charge in [0.2, 0.25) is 0 Å². The first-order chi connectivity index (χ1) is 6.27. The van der Waals surface area contributed by atoms with Gasteiger partial charge in [-0.1, -0.05) is 24.4 Å². The van der Waals surface area contributed by atoms with Gasteiger partial charge in [0.05, 0.1) is 11.1 Å². The number of hydrogen-bond donors (Lipinski definition) is 1. The molecule has 3 heteroatoms. The van der Waals surface area contributed by atoms with Gasteiger partial charge in [0.25, 0.3) is 0 Å². The van der Waals surface area contributed by atoms with E-state index in [4.69, 9.17) is 11.6 Å². The lowest BCUT2D eigenvalue weighted by Gasteiger charge is -2.10. The zero-order valence-electron chi connectivity index (χ0n) is 7.28. The molecule has 1 aromatic heterocycles. The van der Waals surface area contributed by atoms with Crippen molar-refractivity contribution < 1.29 is 5.11 Å². The fourth-order valence-corrected chi connectivity index (χ4v) is 1.70. The summed E-state index contributed by atoms with van der Waals surface area (Å²) in [6.45, 7) is 0. The van der Waals surface area contributed by atoms with Gasteiger partial charge in [-0.05, 0) is 18.4 Å². The van der Waals surface area contributed by atoms with E-state index >= 15 is 0 Å². The molecule has 0 radical (unpaired) electrons. The molecule has 2 nitrogen and oxygen atoms in total. The number of halogens is 1. The van der Waals surface area contributed by atoms with Crippen LogP contribution in [0.15, 0.2) is 18.5 Å². The molecule has 13 heavy (non-hydrogen) atoms. The van der Waals surface area contributed by atoms with Gasteiger partial charge in [-0.15, -0.1) is 0 Å². The summed E-state index contributed by atoms with van der Waals surface area (Å²) in [6, 6.07) is 1.79. The molecule has 1 aromatic rings. The highest BCUT2D eigenvalue weighted by atomic mass is 35.5. The highest BCUT2D eigenvalue weighted by Gasteiger charge is 2.25. The summed E-state index contributed by atoms with van der Waals surface area (Å²) in [4.78, 5) is 3.88. The third-order valence-electron chi connectivity index (χ3n) is 2.42. The second-order valence-corrected chi connectivity index (χ2v) is 4.00. The number of aromatic nitrogens is 1. The molecule has 0 amide bonds. The van der Waals surface area contributed by atoms with Crippen LogP contribution in [0.1, 0.15) is 30.9 Å². The van der Waals surface area contributed by atoms with Crippen molar-refractivity contribution >= 4 is 11.6 Å². The third-order valence-corrected chi connectivity index (χ3v) is 2.73. The van der Waals surface area contributed by atoms with Crippen molar-refractivity contribution in [3.8, 4) is 0 Å². The van der Waals surface area contributed by atoms with Gasteiger partial charge in [0.1, 0.15) is 0 Å². The van der Waals surface area contributed by atoms with Gasteiger partial charge in [-0.2, -0.15) is 0 Å². The third kappa shape index (κ3) is 2.20. The number of nitrogens with zero attached hydrogens (tertiary/aromatic N) is 1. The normalized spacial score (nSPS) is 18.6. The fraction of sp³-hybridized carbons (Fsp3) is 0.500. The molecule has 1 heterocycles. The number of aliphatic hydroxyl groups is 1. The quantitative estimate of drug-likeness (QED) is 0.808. The molecular formula is C10H12ClNO. The molecule has 1 unspecified atom stereocenters. The Kier molecular flexibility index (Phi) is 2.51. The molecule has 1 aliphatic carbocycles. The van der Waals surface area contributed by atoms with Gasteiger partial charge in [-0.3, -0.25) is 4.98 Å². The first-order valence-electron chi connectivity index (χ1n) is 4.55. The Morgan fingerprint density at radius 1 is 1.62 bits per heavy atom. The van der Waals surface area contributed by atoms with Crippen molar-refractivity contribution in [3.63, 3.8) is 0 Å². The lowest BCUT2D eigenvalue weighted by atomic mass is 10.1. The summed E-state index contributed by atoms with van der Waals surface area (Å²) >= 11 is 5.90. The molecule has 1 saturated carbocycles. The Balaban J connectivity index is 2.09. The Hall–Kier alpha value is -0.600. The standard InChI is InChI=1S/C10H12ClNO/c11-9-6-12-4-3-8(9)10(13)5-7-1-2-7/h3-4,6-7,10,13H,1-2,5H2. The summed E-state index contributed by atoms with van der Waals surface area (Å²) in [5.74, 6) is 0.708. The van der Waals surface area contributed by atoms with Crippen LogP contribution in [-0.2, 0) is 0 Å².